The van der Waals surface area contributed by atoms with Crippen molar-refractivity contribution in [1.29, 1.82) is 0 Å². The molecular formula is C16H23N3O2. The number of nitrogens with zero attached hydrogens (tertiary/aromatic N) is 2. The van der Waals surface area contributed by atoms with Crippen molar-refractivity contribution < 1.29 is 9.47 Å². The fraction of sp³-hybridized carbons (Fsp3) is 0.438. The summed E-state index contributed by atoms with van der Waals surface area (Å²) in [6, 6.07) is 8.02. The van der Waals surface area contributed by atoms with Gasteiger partial charge in [0.15, 0.2) is 11.5 Å². The molecule has 2 rings (SSSR count). The van der Waals surface area contributed by atoms with Crippen LogP contribution in [0.1, 0.15) is 19.4 Å². The first-order chi connectivity index (χ1) is 10.2. The molecule has 21 heavy (non-hydrogen) atoms. The average Bonchev–Trinajstić information content (AvgIpc) is 2.94. The van der Waals surface area contributed by atoms with Gasteiger partial charge in [0.1, 0.15) is 6.61 Å². The highest BCUT2D eigenvalue weighted by Gasteiger charge is 2.08. The third-order valence-electron chi connectivity index (χ3n) is 3.00. The van der Waals surface area contributed by atoms with Crippen LogP contribution in [-0.4, -0.2) is 29.0 Å². The molecule has 2 aromatic rings. The zero-order valence-corrected chi connectivity index (χ0v) is 12.7. The van der Waals surface area contributed by atoms with Crippen molar-refractivity contribution in [1.82, 2.24) is 9.78 Å². The van der Waals surface area contributed by atoms with Gasteiger partial charge >= 0.3 is 0 Å². The molecule has 1 heterocycles. The van der Waals surface area contributed by atoms with Gasteiger partial charge in [0.25, 0.3) is 0 Å². The second-order valence-electron chi connectivity index (χ2n) is 5.01. The normalized spacial score (nSPS) is 12.1. The maximum atomic E-state index is 5.84. The van der Waals surface area contributed by atoms with E-state index in [1.165, 1.54) is 0 Å². The van der Waals surface area contributed by atoms with Gasteiger partial charge in [-0.05, 0) is 44.0 Å². The van der Waals surface area contributed by atoms with Gasteiger partial charge in [0.2, 0.25) is 0 Å². The predicted octanol–water partition coefficient (Wildman–Crippen LogP) is 2.25. The fourth-order valence-corrected chi connectivity index (χ4v) is 2.12. The zero-order valence-electron chi connectivity index (χ0n) is 12.7. The summed E-state index contributed by atoms with van der Waals surface area (Å²) < 4.78 is 13.3. The van der Waals surface area contributed by atoms with Crippen LogP contribution in [0.5, 0.6) is 11.5 Å². The van der Waals surface area contributed by atoms with Crippen LogP contribution in [0.2, 0.25) is 0 Å². The van der Waals surface area contributed by atoms with Crippen molar-refractivity contribution in [3.05, 3.63) is 42.2 Å². The van der Waals surface area contributed by atoms with Crippen LogP contribution in [-0.2, 0) is 13.0 Å². The number of nitrogens with two attached hydrogens (primary N) is 1. The molecule has 0 fully saturated rings. The molecule has 0 saturated carbocycles. The summed E-state index contributed by atoms with van der Waals surface area (Å²) in [5, 5.41) is 4.14. The van der Waals surface area contributed by atoms with Gasteiger partial charge in [-0.25, -0.2) is 0 Å². The summed E-state index contributed by atoms with van der Waals surface area (Å²) in [6.45, 7) is 5.83. The molecule has 0 radical (unpaired) electrons. The minimum absolute atomic E-state index is 0.131. The number of benzene rings is 1. The summed E-state index contributed by atoms with van der Waals surface area (Å²) in [5.41, 5.74) is 7.00. The van der Waals surface area contributed by atoms with Crippen LogP contribution in [0.15, 0.2) is 36.7 Å². The Balaban J connectivity index is 1.99. The van der Waals surface area contributed by atoms with E-state index in [-0.39, 0.29) is 6.04 Å². The first-order valence-corrected chi connectivity index (χ1v) is 7.30. The molecule has 1 aromatic carbocycles. The van der Waals surface area contributed by atoms with Gasteiger partial charge in [-0.2, -0.15) is 5.10 Å². The smallest absolute Gasteiger partial charge is 0.161 e. The second-order valence-corrected chi connectivity index (χ2v) is 5.01. The minimum atomic E-state index is 0.131. The first kappa shape index (κ1) is 15.4. The Morgan fingerprint density at radius 1 is 1.29 bits per heavy atom. The summed E-state index contributed by atoms with van der Waals surface area (Å²) in [4.78, 5) is 0. The second kappa shape index (κ2) is 7.69. The molecule has 1 aromatic heterocycles. The van der Waals surface area contributed by atoms with Gasteiger partial charge in [-0.3, -0.25) is 4.68 Å². The number of aromatic nitrogens is 2. The fourth-order valence-electron chi connectivity index (χ4n) is 2.12. The van der Waals surface area contributed by atoms with E-state index < -0.39 is 0 Å². The maximum absolute atomic E-state index is 5.84. The average molecular weight is 289 g/mol. The third-order valence-corrected chi connectivity index (χ3v) is 3.00. The van der Waals surface area contributed by atoms with E-state index in [1.807, 2.05) is 49.0 Å². The maximum Gasteiger partial charge on any atom is 0.161 e. The van der Waals surface area contributed by atoms with Crippen molar-refractivity contribution in [3.8, 4) is 11.5 Å². The molecule has 1 atom stereocenters. The highest BCUT2D eigenvalue weighted by molar-refractivity contribution is 5.43. The monoisotopic (exact) mass is 289 g/mol. The first-order valence-electron chi connectivity index (χ1n) is 7.30. The Kier molecular flexibility index (Phi) is 5.63. The Bertz CT molecular complexity index is 538. The van der Waals surface area contributed by atoms with E-state index in [2.05, 4.69) is 5.10 Å². The Morgan fingerprint density at radius 3 is 2.81 bits per heavy atom. The van der Waals surface area contributed by atoms with E-state index in [0.717, 1.165) is 23.5 Å². The van der Waals surface area contributed by atoms with Crippen molar-refractivity contribution >= 4 is 0 Å². The highest BCUT2D eigenvalue weighted by atomic mass is 16.5. The van der Waals surface area contributed by atoms with Crippen molar-refractivity contribution in [2.75, 3.05) is 13.2 Å². The van der Waals surface area contributed by atoms with Crippen molar-refractivity contribution in [2.45, 2.75) is 32.9 Å². The number of hydrogen-bond acceptors (Lipinski definition) is 4. The van der Waals surface area contributed by atoms with Crippen molar-refractivity contribution in [2.24, 2.45) is 5.73 Å². The number of ether oxygens (including phenoxy) is 2. The largest absolute Gasteiger partial charge is 0.490 e. The molecule has 0 saturated heterocycles. The zero-order chi connectivity index (χ0) is 15.1. The van der Waals surface area contributed by atoms with E-state index in [9.17, 15) is 0 Å². The van der Waals surface area contributed by atoms with E-state index >= 15 is 0 Å². The van der Waals surface area contributed by atoms with Crippen LogP contribution in [0.25, 0.3) is 0 Å². The lowest BCUT2D eigenvalue weighted by Crippen LogP contribution is -2.17. The highest BCUT2D eigenvalue weighted by Crippen LogP contribution is 2.29. The van der Waals surface area contributed by atoms with Crippen LogP contribution in [0.4, 0.5) is 0 Å². The lowest BCUT2D eigenvalue weighted by molar-refractivity contribution is 0.262. The SMILES string of the molecule is CCOc1cc(CC(C)N)ccc1OCCn1cccn1. The van der Waals surface area contributed by atoms with Crippen LogP contribution in [0.3, 0.4) is 0 Å². The Labute approximate surface area is 125 Å². The molecule has 1 unspecified atom stereocenters. The van der Waals surface area contributed by atoms with Gasteiger partial charge in [0.05, 0.1) is 13.2 Å². The Morgan fingerprint density at radius 2 is 2.14 bits per heavy atom. The standard InChI is InChI=1S/C16H23N3O2/c1-3-20-16-12-14(11-13(2)17)5-6-15(16)21-10-9-19-8-4-7-18-19/h4-8,12-13H,3,9-11,17H2,1-2H3. The van der Waals surface area contributed by atoms with Crippen LogP contribution < -0.4 is 15.2 Å². The molecule has 0 aliphatic carbocycles. The van der Waals surface area contributed by atoms with Gasteiger partial charge in [-0.15, -0.1) is 0 Å². The minimum Gasteiger partial charge on any atom is -0.490 e. The lowest BCUT2D eigenvalue weighted by atomic mass is 10.1. The van der Waals surface area contributed by atoms with E-state index in [1.54, 1.807) is 6.20 Å². The molecule has 0 bridgehead atoms. The molecule has 114 valence electrons. The predicted molar refractivity (Wildman–Crippen MR) is 82.7 cm³/mol. The topological polar surface area (TPSA) is 62.3 Å². The summed E-state index contributed by atoms with van der Waals surface area (Å²) in [7, 11) is 0. The molecule has 0 amide bonds. The molecule has 2 N–H and O–H groups in total. The lowest BCUT2D eigenvalue weighted by Gasteiger charge is -2.14. The van der Waals surface area contributed by atoms with Crippen LogP contribution in [0, 0.1) is 0 Å². The number of rotatable bonds is 8. The molecule has 5 nitrogen and oxygen atoms in total. The molecule has 5 heteroatoms. The molecule has 0 aliphatic rings. The number of hydrogen-bond donors (Lipinski definition) is 1. The van der Waals surface area contributed by atoms with E-state index in [0.29, 0.717) is 19.8 Å². The molecule has 0 spiro atoms. The Hall–Kier alpha value is -2.01. The molecule has 0 aliphatic heterocycles. The van der Waals surface area contributed by atoms with Crippen LogP contribution >= 0.6 is 0 Å². The summed E-state index contributed by atoms with van der Waals surface area (Å²) >= 11 is 0. The van der Waals surface area contributed by atoms with E-state index in [4.69, 9.17) is 15.2 Å². The van der Waals surface area contributed by atoms with Gasteiger partial charge in [-0.1, -0.05) is 6.07 Å². The summed E-state index contributed by atoms with van der Waals surface area (Å²) in [5.74, 6) is 1.54. The van der Waals surface area contributed by atoms with Gasteiger partial charge < -0.3 is 15.2 Å². The van der Waals surface area contributed by atoms with Gasteiger partial charge in [0, 0.05) is 18.4 Å². The molecular weight excluding hydrogens is 266 g/mol. The quantitative estimate of drug-likeness (QED) is 0.809. The third kappa shape index (κ3) is 4.79. The summed E-state index contributed by atoms with van der Waals surface area (Å²) in [6.07, 6.45) is 4.50. The van der Waals surface area contributed by atoms with Crippen molar-refractivity contribution in [3.63, 3.8) is 0 Å².